The van der Waals surface area contributed by atoms with Gasteiger partial charge in [0, 0.05) is 43.7 Å². The molecule has 1 aliphatic heterocycles. The van der Waals surface area contributed by atoms with Crippen LogP contribution in [0.5, 0.6) is 23.0 Å². The fraction of sp³-hybridized carbons (Fsp3) is 0.478. The highest BCUT2D eigenvalue weighted by molar-refractivity contribution is 6.03. The number of non-ortho nitro benzene ring substituents is 1. The first-order valence-corrected chi connectivity index (χ1v) is 20.7. The predicted octanol–water partition coefficient (Wildman–Crippen LogP) is 8.14. The van der Waals surface area contributed by atoms with Crippen molar-refractivity contribution in [3.05, 3.63) is 112 Å². The molecule has 1 fully saturated rings. The summed E-state index contributed by atoms with van der Waals surface area (Å²) in [6.07, 6.45) is 9.54. The number of oxime groups is 1. The first kappa shape index (κ1) is 43.3. The SMILES string of the molecule is C=CCOC12Oc3ccc(Oc4cccc([N+](=O)[O-])c4)cc3C3C(CCCCO)C(CCCCO)C=C(C(=NOC)CC1N(CCC)C(=O)Cc1cccc(OC)c1)C32. The Morgan fingerprint density at radius 1 is 1.02 bits per heavy atom. The van der Waals surface area contributed by atoms with Gasteiger partial charge in [-0.3, -0.25) is 14.9 Å². The number of methoxy groups -OCH3 is 1. The molecule has 0 bridgehead atoms. The Hall–Kier alpha value is -5.24. The van der Waals surface area contributed by atoms with Crippen molar-refractivity contribution in [3.8, 4) is 23.0 Å². The molecule has 0 radical (unpaired) electrons. The largest absolute Gasteiger partial charge is 0.497 e. The number of nitrogens with zero attached hydrogens (tertiary/aromatic N) is 3. The van der Waals surface area contributed by atoms with Crippen molar-refractivity contribution in [2.45, 2.75) is 82.5 Å². The maximum atomic E-state index is 14.7. The van der Waals surface area contributed by atoms with Crippen molar-refractivity contribution in [1.82, 2.24) is 4.90 Å². The zero-order valence-corrected chi connectivity index (χ0v) is 34.3. The minimum absolute atomic E-state index is 0.0195. The number of hydrogen-bond donors (Lipinski definition) is 2. The standard InChI is InChI=1S/C46H57N3O10/c1-5-21-48(43(52)26-31-13-11-16-34(25-31)55-3)42-30-40(47-56-4)38-27-32(14-7-9-22-50)37(18-8-10-23-51)44-39-29-36(58-35-17-12-15-33(28-35)49(53)54)19-20-41(39)59-46(42,45(38)44)57-24-6-2/h6,11-13,15-17,19-20,25,27-29,32,37,42,44-45,50-51H,2,5,7-10,14,18,21-24,26,30H2,1,3-4H3. The lowest BCUT2D eigenvalue weighted by Gasteiger charge is -2.60. The van der Waals surface area contributed by atoms with Gasteiger partial charge >= 0.3 is 0 Å². The van der Waals surface area contributed by atoms with Gasteiger partial charge in [-0.05, 0) is 91.5 Å². The predicted molar refractivity (Wildman–Crippen MR) is 224 cm³/mol. The van der Waals surface area contributed by atoms with Crippen molar-refractivity contribution < 1.29 is 43.7 Å². The third-order valence-corrected chi connectivity index (χ3v) is 11.8. The monoisotopic (exact) mass is 811 g/mol. The first-order chi connectivity index (χ1) is 28.7. The molecule has 13 nitrogen and oxygen atoms in total. The molecule has 2 aliphatic carbocycles. The van der Waals surface area contributed by atoms with E-state index in [1.54, 1.807) is 31.4 Å². The van der Waals surface area contributed by atoms with E-state index >= 15 is 0 Å². The fourth-order valence-electron chi connectivity index (χ4n) is 9.37. The minimum atomic E-state index is -1.39. The van der Waals surface area contributed by atoms with E-state index in [2.05, 4.69) is 17.8 Å². The number of ether oxygens (including phenoxy) is 4. The number of benzene rings is 3. The van der Waals surface area contributed by atoms with E-state index in [0.29, 0.717) is 60.9 Å². The van der Waals surface area contributed by atoms with Crippen LogP contribution in [0.3, 0.4) is 0 Å². The summed E-state index contributed by atoms with van der Waals surface area (Å²) in [5.74, 6) is -0.0978. The number of nitro groups is 1. The lowest BCUT2D eigenvalue weighted by Crippen LogP contribution is -2.70. The molecule has 0 spiro atoms. The fourth-order valence-corrected chi connectivity index (χ4v) is 9.37. The van der Waals surface area contributed by atoms with Gasteiger partial charge in [-0.25, -0.2) is 0 Å². The zero-order chi connectivity index (χ0) is 41.9. The normalized spacial score (nSPS) is 23.6. The van der Waals surface area contributed by atoms with Crippen molar-refractivity contribution in [2.75, 3.05) is 40.6 Å². The number of rotatable bonds is 21. The lowest BCUT2D eigenvalue weighted by atomic mass is 9.55. The van der Waals surface area contributed by atoms with Crippen LogP contribution < -0.4 is 14.2 Å². The number of nitro benzene ring substituents is 1. The zero-order valence-electron chi connectivity index (χ0n) is 34.3. The Labute approximate surface area is 346 Å². The molecule has 6 unspecified atom stereocenters. The van der Waals surface area contributed by atoms with Gasteiger partial charge in [-0.2, -0.15) is 0 Å². The van der Waals surface area contributed by atoms with Gasteiger partial charge in [-0.1, -0.05) is 55.3 Å². The highest BCUT2D eigenvalue weighted by atomic mass is 16.7. The molecule has 6 atom stereocenters. The van der Waals surface area contributed by atoms with Crippen LogP contribution in [-0.2, 0) is 20.8 Å². The molecular formula is C46H57N3O10. The third-order valence-electron chi connectivity index (χ3n) is 11.8. The topological polar surface area (TPSA) is 162 Å². The highest BCUT2D eigenvalue weighted by Gasteiger charge is 2.65. The van der Waals surface area contributed by atoms with Gasteiger partial charge in [0.05, 0.1) is 42.8 Å². The van der Waals surface area contributed by atoms with E-state index < -0.39 is 22.7 Å². The molecule has 3 aliphatic rings. The molecule has 0 saturated heterocycles. The van der Waals surface area contributed by atoms with Crippen LogP contribution in [0.1, 0.15) is 75.3 Å². The number of aliphatic hydroxyl groups excluding tert-OH is 2. The second kappa shape index (κ2) is 20.1. The number of amides is 1. The van der Waals surface area contributed by atoms with Crippen LogP contribution in [0.25, 0.3) is 0 Å². The van der Waals surface area contributed by atoms with E-state index in [1.165, 1.54) is 19.2 Å². The molecule has 0 aromatic heterocycles. The average molecular weight is 812 g/mol. The highest BCUT2D eigenvalue weighted by Crippen LogP contribution is 2.62. The van der Waals surface area contributed by atoms with Crippen LogP contribution in [0, 0.1) is 27.9 Å². The summed E-state index contributed by atoms with van der Waals surface area (Å²) in [6, 6.07) is 18.5. The smallest absolute Gasteiger partial charge is 0.273 e. The Morgan fingerprint density at radius 3 is 2.47 bits per heavy atom. The lowest BCUT2D eigenvalue weighted by molar-refractivity contribution is -0.384. The summed E-state index contributed by atoms with van der Waals surface area (Å²) < 4.78 is 26.1. The van der Waals surface area contributed by atoms with E-state index in [9.17, 15) is 25.1 Å². The van der Waals surface area contributed by atoms with Gasteiger partial charge in [0.1, 0.15) is 36.1 Å². The second-order valence-electron chi connectivity index (χ2n) is 15.4. The summed E-state index contributed by atoms with van der Waals surface area (Å²) in [4.78, 5) is 33.3. The van der Waals surface area contributed by atoms with Crippen LogP contribution in [0.4, 0.5) is 5.69 Å². The third kappa shape index (κ3) is 9.48. The quantitative estimate of drug-likeness (QED) is 0.0465. The number of allylic oxidation sites excluding steroid dienone is 1. The molecule has 2 N–H and O–H groups in total. The summed E-state index contributed by atoms with van der Waals surface area (Å²) in [7, 11) is 3.13. The number of aliphatic hydroxyl groups is 2. The van der Waals surface area contributed by atoms with Crippen molar-refractivity contribution in [2.24, 2.45) is 22.9 Å². The van der Waals surface area contributed by atoms with Crippen LogP contribution in [0.2, 0.25) is 0 Å². The van der Waals surface area contributed by atoms with Gasteiger partial charge in [0.2, 0.25) is 11.7 Å². The van der Waals surface area contributed by atoms with Crippen LogP contribution in [0.15, 0.2) is 96.2 Å². The van der Waals surface area contributed by atoms with Crippen LogP contribution >= 0.6 is 0 Å². The number of hydrogen-bond acceptors (Lipinski definition) is 11. The molecule has 59 heavy (non-hydrogen) atoms. The maximum absolute atomic E-state index is 14.7. The van der Waals surface area contributed by atoms with E-state index in [1.807, 2.05) is 48.2 Å². The van der Waals surface area contributed by atoms with E-state index in [4.69, 9.17) is 23.8 Å². The summed E-state index contributed by atoms with van der Waals surface area (Å²) in [5.41, 5.74) is 3.25. The van der Waals surface area contributed by atoms with Crippen LogP contribution in [-0.4, -0.2) is 84.1 Å². The Morgan fingerprint density at radius 2 is 1.76 bits per heavy atom. The molecule has 1 heterocycles. The molecule has 1 amide bonds. The number of carbonyl (C=O) groups excluding carboxylic acids is 1. The maximum Gasteiger partial charge on any atom is 0.273 e. The van der Waals surface area contributed by atoms with Gasteiger partial charge < -0.3 is 38.9 Å². The van der Waals surface area contributed by atoms with Crippen molar-refractivity contribution in [1.29, 1.82) is 0 Å². The molecule has 3 aromatic rings. The second-order valence-corrected chi connectivity index (χ2v) is 15.4. The Kier molecular flexibility index (Phi) is 14.8. The molecule has 13 heteroatoms. The van der Waals surface area contributed by atoms with Gasteiger partial charge in [0.15, 0.2) is 0 Å². The Balaban J connectivity index is 1.55. The average Bonchev–Trinajstić information content (AvgIpc) is 3.24. The minimum Gasteiger partial charge on any atom is -0.497 e. The van der Waals surface area contributed by atoms with Gasteiger partial charge in [-0.15, -0.1) is 6.58 Å². The molecule has 6 rings (SSSR count). The Bertz CT molecular complexity index is 2000. The number of unbranched alkanes of at least 4 members (excludes halogenated alkanes) is 2. The number of carbonyl (C=O) groups is 1. The molecular weight excluding hydrogens is 755 g/mol. The molecule has 316 valence electrons. The number of fused-ring (bicyclic) bond motifs is 2. The molecule has 3 aromatic carbocycles. The summed E-state index contributed by atoms with van der Waals surface area (Å²) in [6.45, 7) is 6.78. The summed E-state index contributed by atoms with van der Waals surface area (Å²) >= 11 is 0. The molecule has 1 saturated carbocycles. The van der Waals surface area contributed by atoms with E-state index in [-0.39, 0.29) is 55.6 Å². The van der Waals surface area contributed by atoms with E-state index in [0.717, 1.165) is 42.4 Å². The first-order valence-electron chi connectivity index (χ1n) is 20.7. The van der Waals surface area contributed by atoms with Crippen molar-refractivity contribution in [3.63, 3.8) is 0 Å². The van der Waals surface area contributed by atoms with Crippen molar-refractivity contribution >= 4 is 17.3 Å². The summed E-state index contributed by atoms with van der Waals surface area (Å²) in [5, 5.41) is 36.0. The van der Waals surface area contributed by atoms with Gasteiger partial charge in [0.25, 0.3) is 5.69 Å².